The Bertz CT molecular complexity index is 700. The monoisotopic (exact) mass is 330 g/mol. The number of rotatable bonds is 5. The molecule has 120 valence electrons. The van der Waals surface area contributed by atoms with Crippen molar-refractivity contribution in [3.8, 4) is 5.75 Å². The summed E-state index contributed by atoms with van der Waals surface area (Å²) >= 11 is 1.64. The number of nitrogens with one attached hydrogen (secondary N) is 1. The highest BCUT2D eigenvalue weighted by Gasteiger charge is 2.32. The van der Waals surface area contributed by atoms with Crippen LogP contribution in [-0.4, -0.2) is 31.5 Å². The molecule has 3 rings (SSSR count). The first-order valence-electron chi connectivity index (χ1n) is 7.47. The summed E-state index contributed by atoms with van der Waals surface area (Å²) < 4.78 is 5.71. The lowest BCUT2D eigenvalue weighted by Crippen LogP contribution is -2.49. The van der Waals surface area contributed by atoms with E-state index in [1.807, 2.05) is 41.8 Å². The summed E-state index contributed by atoms with van der Waals surface area (Å²) in [7, 11) is 1.72. The van der Waals surface area contributed by atoms with Crippen molar-refractivity contribution in [2.24, 2.45) is 0 Å². The first-order valence-corrected chi connectivity index (χ1v) is 8.35. The minimum atomic E-state index is -0.680. The predicted molar refractivity (Wildman–Crippen MR) is 89.9 cm³/mol. The molecular weight excluding hydrogens is 312 g/mol. The Morgan fingerprint density at radius 2 is 2.13 bits per heavy atom. The van der Waals surface area contributed by atoms with Crippen molar-refractivity contribution in [3.05, 3.63) is 46.7 Å². The van der Waals surface area contributed by atoms with Crippen LogP contribution < -0.4 is 15.0 Å². The summed E-state index contributed by atoms with van der Waals surface area (Å²) in [6, 6.07) is 11.4. The summed E-state index contributed by atoms with van der Waals surface area (Å²) in [6.45, 7) is 0.181. The molecule has 5 nitrogen and oxygen atoms in total. The number of carbonyl (C=O) groups is 2. The number of nitrogens with zero attached hydrogens (tertiary/aromatic N) is 1. The lowest BCUT2D eigenvalue weighted by molar-refractivity contribution is -0.127. The Hall–Kier alpha value is -2.34. The molecule has 2 heterocycles. The van der Waals surface area contributed by atoms with Crippen molar-refractivity contribution in [1.82, 2.24) is 5.32 Å². The van der Waals surface area contributed by atoms with E-state index < -0.39 is 6.10 Å². The Morgan fingerprint density at radius 3 is 2.91 bits per heavy atom. The number of ether oxygens (including phenoxy) is 1. The highest BCUT2D eigenvalue weighted by Crippen LogP contribution is 2.32. The van der Waals surface area contributed by atoms with Crippen LogP contribution in [0.25, 0.3) is 0 Å². The van der Waals surface area contributed by atoms with Gasteiger partial charge in [-0.25, -0.2) is 0 Å². The summed E-state index contributed by atoms with van der Waals surface area (Å²) in [6.07, 6.45) is 0.445. The third-order valence-electron chi connectivity index (χ3n) is 3.77. The van der Waals surface area contributed by atoms with Gasteiger partial charge in [-0.15, -0.1) is 11.3 Å². The zero-order valence-electron chi connectivity index (χ0n) is 12.8. The molecule has 1 unspecified atom stereocenters. The van der Waals surface area contributed by atoms with Crippen LogP contribution in [0.2, 0.25) is 0 Å². The summed E-state index contributed by atoms with van der Waals surface area (Å²) in [5.74, 6) is 0.436. The number of hydrogen-bond donors (Lipinski definition) is 1. The van der Waals surface area contributed by atoms with Crippen LogP contribution in [0.5, 0.6) is 5.75 Å². The van der Waals surface area contributed by atoms with Crippen LogP contribution in [0, 0.1) is 0 Å². The molecule has 2 amide bonds. The largest absolute Gasteiger partial charge is 0.477 e. The molecule has 1 aromatic heterocycles. The highest BCUT2D eigenvalue weighted by atomic mass is 32.1. The molecule has 0 saturated heterocycles. The molecule has 0 bridgehead atoms. The van der Waals surface area contributed by atoms with Crippen LogP contribution in [0.15, 0.2) is 41.8 Å². The van der Waals surface area contributed by atoms with Crippen molar-refractivity contribution in [2.45, 2.75) is 18.9 Å². The molecule has 0 fully saturated rings. The van der Waals surface area contributed by atoms with E-state index in [4.69, 9.17) is 4.74 Å². The van der Waals surface area contributed by atoms with Crippen molar-refractivity contribution >= 4 is 28.8 Å². The van der Waals surface area contributed by atoms with Gasteiger partial charge >= 0.3 is 0 Å². The summed E-state index contributed by atoms with van der Waals surface area (Å²) in [5, 5.41) is 4.78. The quantitative estimate of drug-likeness (QED) is 0.914. The second-order valence-corrected chi connectivity index (χ2v) is 6.39. The topological polar surface area (TPSA) is 58.6 Å². The van der Waals surface area contributed by atoms with E-state index in [2.05, 4.69) is 5.32 Å². The zero-order valence-corrected chi connectivity index (χ0v) is 13.6. The molecule has 1 atom stereocenters. The first kappa shape index (κ1) is 15.6. The van der Waals surface area contributed by atoms with E-state index in [9.17, 15) is 9.59 Å². The first-order chi connectivity index (χ1) is 11.1. The Morgan fingerprint density at radius 1 is 1.30 bits per heavy atom. The minimum absolute atomic E-state index is 0.0729. The molecule has 23 heavy (non-hydrogen) atoms. The van der Waals surface area contributed by atoms with E-state index in [1.54, 1.807) is 23.3 Å². The van der Waals surface area contributed by atoms with E-state index >= 15 is 0 Å². The third kappa shape index (κ3) is 3.53. The van der Waals surface area contributed by atoms with E-state index in [1.165, 1.54) is 4.88 Å². The number of anilines is 1. The van der Waals surface area contributed by atoms with E-state index in [-0.39, 0.29) is 18.4 Å². The SMILES string of the molecule is CN1C(=O)C(CNC(=O)CCc2cccs2)Oc2ccccc21. The second kappa shape index (κ2) is 6.83. The molecule has 1 aliphatic rings. The van der Waals surface area contributed by atoms with E-state index in [0.717, 1.165) is 5.69 Å². The smallest absolute Gasteiger partial charge is 0.269 e. The fraction of sp³-hybridized carbons (Fsp3) is 0.294. The number of benzene rings is 1. The molecule has 1 aromatic carbocycles. The van der Waals surface area contributed by atoms with Gasteiger partial charge in [0.2, 0.25) is 5.91 Å². The Kier molecular flexibility index (Phi) is 4.62. The maximum atomic E-state index is 12.3. The van der Waals surface area contributed by atoms with Gasteiger partial charge in [0, 0.05) is 18.3 Å². The lowest BCUT2D eigenvalue weighted by Gasteiger charge is -2.31. The molecule has 2 aromatic rings. The van der Waals surface area contributed by atoms with Crippen molar-refractivity contribution in [1.29, 1.82) is 0 Å². The minimum Gasteiger partial charge on any atom is -0.477 e. The average Bonchev–Trinajstić information content (AvgIpc) is 3.08. The van der Waals surface area contributed by atoms with Gasteiger partial charge in [-0.05, 0) is 30.0 Å². The average molecular weight is 330 g/mol. The van der Waals surface area contributed by atoms with Crippen LogP contribution >= 0.6 is 11.3 Å². The van der Waals surface area contributed by atoms with Gasteiger partial charge in [0.15, 0.2) is 6.10 Å². The number of thiophene rings is 1. The van der Waals surface area contributed by atoms with Gasteiger partial charge in [-0.1, -0.05) is 18.2 Å². The maximum Gasteiger partial charge on any atom is 0.269 e. The van der Waals surface area contributed by atoms with Crippen LogP contribution in [0.3, 0.4) is 0 Å². The Balaban J connectivity index is 1.54. The fourth-order valence-corrected chi connectivity index (χ4v) is 3.20. The molecule has 1 N–H and O–H groups in total. The molecule has 0 aliphatic carbocycles. The second-order valence-electron chi connectivity index (χ2n) is 5.35. The van der Waals surface area contributed by atoms with Crippen LogP contribution in [0.4, 0.5) is 5.69 Å². The number of hydrogen-bond acceptors (Lipinski definition) is 4. The third-order valence-corrected chi connectivity index (χ3v) is 4.70. The van der Waals surface area contributed by atoms with Gasteiger partial charge in [-0.3, -0.25) is 9.59 Å². The summed E-state index contributed by atoms with van der Waals surface area (Å²) in [5.41, 5.74) is 0.748. The number of aryl methyl sites for hydroxylation is 1. The molecule has 0 spiro atoms. The van der Waals surface area contributed by atoms with Crippen LogP contribution in [-0.2, 0) is 16.0 Å². The molecular formula is C17H18N2O3S. The molecule has 6 heteroatoms. The lowest BCUT2D eigenvalue weighted by atomic mass is 10.2. The van der Waals surface area contributed by atoms with Gasteiger partial charge in [-0.2, -0.15) is 0 Å². The number of fused-ring (bicyclic) bond motifs is 1. The normalized spacial score (nSPS) is 16.7. The fourth-order valence-electron chi connectivity index (χ4n) is 2.49. The number of amides is 2. The van der Waals surface area contributed by atoms with E-state index in [0.29, 0.717) is 18.6 Å². The molecule has 0 radical (unpaired) electrons. The number of likely N-dealkylation sites (N-methyl/N-ethyl adjacent to an activating group) is 1. The van der Waals surface area contributed by atoms with Crippen molar-refractivity contribution in [3.63, 3.8) is 0 Å². The molecule has 1 aliphatic heterocycles. The number of carbonyl (C=O) groups excluding carboxylic acids is 2. The van der Waals surface area contributed by atoms with Gasteiger partial charge < -0.3 is 15.0 Å². The summed E-state index contributed by atoms with van der Waals surface area (Å²) in [4.78, 5) is 27.0. The van der Waals surface area contributed by atoms with Gasteiger partial charge in [0.05, 0.1) is 12.2 Å². The highest BCUT2D eigenvalue weighted by molar-refractivity contribution is 7.09. The number of para-hydroxylation sites is 2. The standard InChI is InChI=1S/C17H18N2O3S/c1-19-13-6-2-3-7-14(13)22-15(17(19)21)11-18-16(20)9-8-12-5-4-10-23-12/h2-7,10,15H,8-9,11H2,1H3,(H,18,20). The van der Waals surface area contributed by atoms with Gasteiger partial charge in [0.1, 0.15) is 5.75 Å². The van der Waals surface area contributed by atoms with Crippen LogP contribution in [0.1, 0.15) is 11.3 Å². The zero-order chi connectivity index (χ0) is 16.2. The van der Waals surface area contributed by atoms with Crippen molar-refractivity contribution in [2.75, 3.05) is 18.5 Å². The van der Waals surface area contributed by atoms with Crippen molar-refractivity contribution < 1.29 is 14.3 Å². The maximum absolute atomic E-state index is 12.3. The Labute approximate surface area is 138 Å². The van der Waals surface area contributed by atoms with Gasteiger partial charge in [0.25, 0.3) is 5.91 Å². The molecule has 0 saturated carbocycles. The predicted octanol–water partition coefficient (Wildman–Crippen LogP) is 2.22.